The highest BCUT2D eigenvalue weighted by molar-refractivity contribution is 6.27. The largest absolute Gasteiger partial charge is 0.256 e. The zero-order chi connectivity index (χ0) is 30.1. The standard InChI is InChI=1S/C43H28N2/c1-43(2)36-21-19-32(38-23-15-30(25-44-38)27-9-5-3-6-10-27)34-17-13-29-14-18-35-33(20-22-37(43)42(35)40(29)41(34)36)39-24-16-31(26-45-39)28-11-7-4-8-12-28/h3,5-7,9-26H,1-2H3. The van der Waals surface area contributed by atoms with Crippen molar-refractivity contribution in [1.29, 1.82) is 0 Å². The highest BCUT2D eigenvalue weighted by Gasteiger charge is 2.33. The van der Waals surface area contributed by atoms with Crippen molar-refractivity contribution in [1.82, 2.24) is 9.97 Å². The van der Waals surface area contributed by atoms with Gasteiger partial charge < -0.3 is 0 Å². The lowest BCUT2D eigenvalue weighted by Gasteiger charge is -2.35. The summed E-state index contributed by atoms with van der Waals surface area (Å²) >= 11 is 0. The molecule has 6 aromatic carbocycles. The summed E-state index contributed by atoms with van der Waals surface area (Å²) in [4.78, 5) is 9.92. The number of rotatable bonds is 4. The van der Waals surface area contributed by atoms with E-state index in [0.29, 0.717) is 0 Å². The van der Waals surface area contributed by atoms with Crippen LogP contribution in [-0.4, -0.2) is 9.97 Å². The van der Waals surface area contributed by atoms with E-state index in [4.69, 9.17) is 9.97 Å². The van der Waals surface area contributed by atoms with Gasteiger partial charge in [0.1, 0.15) is 0 Å². The van der Waals surface area contributed by atoms with Gasteiger partial charge in [0.15, 0.2) is 0 Å². The third-order valence-electron chi connectivity index (χ3n) is 9.66. The minimum Gasteiger partial charge on any atom is -0.256 e. The van der Waals surface area contributed by atoms with E-state index >= 15 is 0 Å². The van der Waals surface area contributed by atoms with E-state index < -0.39 is 0 Å². The first kappa shape index (κ1) is 25.7. The van der Waals surface area contributed by atoms with Crippen LogP contribution in [-0.2, 0) is 5.41 Å². The van der Waals surface area contributed by atoms with Crippen molar-refractivity contribution < 1.29 is 0 Å². The van der Waals surface area contributed by atoms with Gasteiger partial charge in [0.25, 0.3) is 0 Å². The Bertz CT molecular complexity index is 2240. The summed E-state index contributed by atoms with van der Waals surface area (Å²) < 4.78 is 0. The number of hydrogen-bond donors (Lipinski definition) is 0. The summed E-state index contributed by atoms with van der Waals surface area (Å²) in [6.07, 6.45) is 3.96. The molecule has 9 rings (SSSR count). The van der Waals surface area contributed by atoms with Crippen LogP contribution in [0.3, 0.4) is 0 Å². The SMILES string of the molecule is CC1(C)c2ccc(-c3ccc(-c4cc#ccc4)cn3)c3ccc4ccc5c(-c6ccc(-c7ccccc7)cn6)ccc1c5c4c23. The molecule has 210 valence electrons. The third kappa shape index (κ3) is 3.84. The first-order chi connectivity index (χ1) is 22.1. The van der Waals surface area contributed by atoms with Gasteiger partial charge in [-0.05, 0) is 84.9 Å². The Balaban J connectivity index is 1.26. The molecule has 0 unspecified atom stereocenters. The lowest BCUT2D eigenvalue weighted by atomic mass is 9.68. The molecular weight excluding hydrogens is 544 g/mol. The normalized spacial score (nSPS) is 13.1. The lowest BCUT2D eigenvalue weighted by molar-refractivity contribution is 0.652. The van der Waals surface area contributed by atoms with Crippen LogP contribution in [0.1, 0.15) is 25.0 Å². The molecule has 8 aromatic rings. The first-order valence-electron chi connectivity index (χ1n) is 15.4. The molecule has 0 fully saturated rings. The minimum absolute atomic E-state index is 0.168. The average molecular weight is 573 g/mol. The zero-order valence-corrected chi connectivity index (χ0v) is 25.1. The fraction of sp³-hybridized carbons (Fsp3) is 0.0698. The Labute approximate surface area is 262 Å². The number of nitrogens with zero attached hydrogens (tertiary/aromatic N) is 2. The fourth-order valence-electron chi connectivity index (χ4n) is 7.34. The molecule has 2 heterocycles. The van der Waals surface area contributed by atoms with Crippen LogP contribution in [0.5, 0.6) is 0 Å². The molecule has 0 aliphatic heterocycles. The van der Waals surface area contributed by atoms with Crippen molar-refractivity contribution in [3.8, 4) is 44.8 Å². The number of pyridine rings is 2. The second-order valence-corrected chi connectivity index (χ2v) is 12.5. The second-order valence-electron chi connectivity index (χ2n) is 12.5. The maximum Gasteiger partial charge on any atom is 0.0708 e. The van der Waals surface area contributed by atoms with E-state index in [1.54, 1.807) is 0 Å². The molecule has 2 aromatic heterocycles. The summed E-state index contributed by atoms with van der Waals surface area (Å²) in [5.74, 6) is 0. The van der Waals surface area contributed by atoms with E-state index in [1.165, 1.54) is 49.0 Å². The molecule has 1 aliphatic rings. The second kappa shape index (κ2) is 9.61. The van der Waals surface area contributed by atoms with E-state index in [0.717, 1.165) is 39.2 Å². The van der Waals surface area contributed by atoms with Crippen molar-refractivity contribution in [2.75, 3.05) is 0 Å². The van der Waals surface area contributed by atoms with Crippen LogP contribution < -0.4 is 0 Å². The van der Waals surface area contributed by atoms with E-state index in [1.807, 2.05) is 36.7 Å². The molecule has 0 bridgehead atoms. The first-order valence-corrected chi connectivity index (χ1v) is 15.4. The van der Waals surface area contributed by atoms with Gasteiger partial charge in [0, 0.05) is 40.1 Å². The molecule has 0 spiro atoms. The van der Waals surface area contributed by atoms with Gasteiger partial charge in [-0.15, -0.1) is 0 Å². The highest BCUT2D eigenvalue weighted by atomic mass is 14.7. The number of hydrogen-bond acceptors (Lipinski definition) is 2. The van der Waals surface area contributed by atoms with Crippen LogP contribution in [0.15, 0.2) is 134 Å². The van der Waals surface area contributed by atoms with Crippen LogP contribution >= 0.6 is 0 Å². The van der Waals surface area contributed by atoms with Crippen molar-refractivity contribution >= 4 is 32.3 Å². The van der Waals surface area contributed by atoms with Crippen LogP contribution in [0.2, 0.25) is 0 Å². The van der Waals surface area contributed by atoms with Crippen molar-refractivity contribution in [2.24, 2.45) is 0 Å². The Morgan fingerprint density at radius 2 is 1.09 bits per heavy atom. The molecule has 45 heavy (non-hydrogen) atoms. The Morgan fingerprint density at radius 1 is 0.489 bits per heavy atom. The fourth-order valence-corrected chi connectivity index (χ4v) is 7.34. The molecule has 0 saturated heterocycles. The predicted molar refractivity (Wildman–Crippen MR) is 186 cm³/mol. The van der Waals surface area contributed by atoms with E-state index in [-0.39, 0.29) is 5.41 Å². The topological polar surface area (TPSA) is 25.8 Å². The quantitative estimate of drug-likeness (QED) is 0.196. The molecule has 0 saturated carbocycles. The predicted octanol–water partition coefficient (Wildman–Crippen LogP) is 10.8. The molecular formula is C43H28N2. The lowest BCUT2D eigenvalue weighted by Crippen LogP contribution is -2.22. The van der Waals surface area contributed by atoms with E-state index in [9.17, 15) is 0 Å². The average Bonchev–Trinajstić information content (AvgIpc) is 3.10. The zero-order valence-electron chi connectivity index (χ0n) is 25.1. The Kier molecular flexibility index (Phi) is 5.49. The van der Waals surface area contributed by atoms with Crippen LogP contribution in [0.25, 0.3) is 77.1 Å². The molecule has 0 amide bonds. The summed E-state index contributed by atoms with van der Waals surface area (Å²) in [5.41, 5.74) is 11.3. The van der Waals surface area contributed by atoms with Gasteiger partial charge in [0.05, 0.1) is 11.4 Å². The van der Waals surface area contributed by atoms with Crippen molar-refractivity contribution in [3.05, 3.63) is 157 Å². The third-order valence-corrected chi connectivity index (χ3v) is 9.66. The minimum atomic E-state index is -0.168. The summed E-state index contributed by atoms with van der Waals surface area (Å²) in [6.45, 7) is 4.72. The molecule has 2 heteroatoms. The molecule has 2 nitrogen and oxygen atoms in total. The monoisotopic (exact) mass is 572 g/mol. The maximum atomic E-state index is 4.97. The van der Waals surface area contributed by atoms with Crippen molar-refractivity contribution in [3.63, 3.8) is 0 Å². The molecule has 0 atom stereocenters. The Hall–Kier alpha value is -5.78. The van der Waals surface area contributed by atoms with E-state index in [2.05, 4.69) is 123 Å². The molecule has 1 aliphatic carbocycles. The van der Waals surface area contributed by atoms with Gasteiger partial charge in [-0.1, -0.05) is 117 Å². The van der Waals surface area contributed by atoms with Gasteiger partial charge in [0.2, 0.25) is 0 Å². The molecule has 0 radical (unpaired) electrons. The summed E-state index contributed by atoms with van der Waals surface area (Å²) in [5, 5.41) is 7.74. The molecule has 0 N–H and O–H groups in total. The van der Waals surface area contributed by atoms with Gasteiger partial charge in [-0.3, -0.25) is 9.97 Å². The van der Waals surface area contributed by atoms with Crippen LogP contribution in [0.4, 0.5) is 0 Å². The summed E-state index contributed by atoms with van der Waals surface area (Å²) in [7, 11) is 0. The van der Waals surface area contributed by atoms with Gasteiger partial charge in [-0.2, -0.15) is 0 Å². The maximum absolute atomic E-state index is 4.97. The van der Waals surface area contributed by atoms with Crippen molar-refractivity contribution in [2.45, 2.75) is 19.3 Å². The number of aromatic nitrogens is 2. The summed E-state index contributed by atoms with van der Waals surface area (Å²) in [6, 6.07) is 49.3. The van der Waals surface area contributed by atoms with Gasteiger partial charge in [-0.25, -0.2) is 0 Å². The van der Waals surface area contributed by atoms with Crippen LogP contribution in [0, 0.1) is 12.1 Å². The smallest absolute Gasteiger partial charge is 0.0708 e. The number of benzene rings is 5. The highest BCUT2D eigenvalue weighted by Crippen LogP contribution is 2.51. The Morgan fingerprint density at radius 3 is 1.62 bits per heavy atom. The van der Waals surface area contributed by atoms with Gasteiger partial charge >= 0.3 is 0 Å².